The number of hydrogen-bond donors (Lipinski definition) is 0. The molecule has 3 aromatic rings. The van der Waals surface area contributed by atoms with Crippen molar-refractivity contribution < 1.29 is 4.42 Å². The van der Waals surface area contributed by atoms with Crippen molar-refractivity contribution in [3.63, 3.8) is 0 Å². The lowest BCUT2D eigenvalue weighted by atomic mass is 10.2. The first kappa shape index (κ1) is 14.3. The van der Waals surface area contributed by atoms with Gasteiger partial charge in [0.05, 0.1) is 11.1 Å². The molecule has 2 aromatic carbocycles. The van der Waals surface area contributed by atoms with Gasteiger partial charge in [-0.25, -0.2) is 9.56 Å². The maximum Gasteiger partial charge on any atom is 0.304 e. The smallest absolute Gasteiger partial charge is 0.304 e. The summed E-state index contributed by atoms with van der Waals surface area (Å²) < 4.78 is 7.41. The highest BCUT2D eigenvalue weighted by atomic mass is 16.3. The fourth-order valence-electron chi connectivity index (χ4n) is 2.32. The van der Waals surface area contributed by atoms with Crippen molar-refractivity contribution in [2.24, 2.45) is 4.99 Å². The first-order valence-corrected chi connectivity index (χ1v) is 7.52. The lowest BCUT2D eigenvalue weighted by molar-refractivity contribution is 0.475. The number of nitrogens with zero attached hydrogens (tertiary/aromatic N) is 2. The van der Waals surface area contributed by atoms with Crippen molar-refractivity contribution in [3.05, 3.63) is 70.6 Å². The Morgan fingerprint density at radius 1 is 1.05 bits per heavy atom. The summed E-state index contributed by atoms with van der Waals surface area (Å²) in [6.07, 6.45) is 2.01. The van der Waals surface area contributed by atoms with Crippen LogP contribution in [-0.4, -0.2) is 11.1 Å². The number of aromatic nitrogens is 1. The van der Waals surface area contributed by atoms with E-state index in [4.69, 9.17) is 4.42 Å². The van der Waals surface area contributed by atoms with Crippen molar-refractivity contribution in [3.8, 4) is 5.69 Å². The maximum absolute atomic E-state index is 12.8. The quantitative estimate of drug-likeness (QED) is 0.693. The Morgan fingerprint density at radius 2 is 1.77 bits per heavy atom. The molecule has 0 aliphatic carbocycles. The third-order valence-electron chi connectivity index (χ3n) is 3.49. The SMILES string of the molecule is CCCCN=c1oc2ccccc2c(=O)n1-c1ccccc1. The molecule has 22 heavy (non-hydrogen) atoms. The fraction of sp³-hybridized carbons (Fsp3) is 0.222. The lowest BCUT2D eigenvalue weighted by Crippen LogP contribution is -2.32. The monoisotopic (exact) mass is 294 g/mol. The molecule has 0 spiro atoms. The van der Waals surface area contributed by atoms with Crippen molar-refractivity contribution in [2.75, 3.05) is 6.54 Å². The Labute approximate surface area is 128 Å². The number of unbranched alkanes of at least 4 members (excludes halogenated alkanes) is 1. The summed E-state index contributed by atoms with van der Waals surface area (Å²) >= 11 is 0. The molecule has 1 aromatic heterocycles. The van der Waals surface area contributed by atoms with Crippen LogP contribution in [0.25, 0.3) is 16.7 Å². The van der Waals surface area contributed by atoms with E-state index in [1.165, 1.54) is 4.57 Å². The van der Waals surface area contributed by atoms with Gasteiger partial charge in [0.15, 0.2) is 0 Å². The number of rotatable bonds is 4. The van der Waals surface area contributed by atoms with E-state index in [2.05, 4.69) is 11.9 Å². The van der Waals surface area contributed by atoms with E-state index in [0.717, 1.165) is 18.5 Å². The van der Waals surface area contributed by atoms with Gasteiger partial charge in [0, 0.05) is 6.54 Å². The molecule has 0 aliphatic rings. The highest BCUT2D eigenvalue weighted by molar-refractivity contribution is 5.75. The Hall–Kier alpha value is -2.62. The van der Waals surface area contributed by atoms with Gasteiger partial charge in [-0.3, -0.25) is 4.79 Å². The number of fused-ring (bicyclic) bond motifs is 1. The van der Waals surface area contributed by atoms with Crippen LogP contribution in [0.4, 0.5) is 0 Å². The van der Waals surface area contributed by atoms with Gasteiger partial charge in [-0.2, -0.15) is 0 Å². The van der Waals surface area contributed by atoms with Gasteiger partial charge in [0.1, 0.15) is 5.58 Å². The van der Waals surface area contributed by atoms with Crippen molar-refractivity contribution in [1.82, 2.24) is 4.57 Å². The second-order valence-electron chi connectivity index (χ2n) is 5.09. The molecule has 0 amide bonds. The van der Waals surface area contributed by atoms with Crippen molar-refractivity contribution in [2.45, 2.75) is 19.8 Å². The molecule has 0 N–H and O–H groups in total. The normalized spacial score (nSPS) is 12.0. The van der Waals surface area contributed by atoms with Crippen molar-refractivity contribution in [1.29, 1.82) is 0 Å². The molecule has 112 valence electrons. The van der Waals surface area contributed by atoms with Crippen LogP contribution in [0.1, 0.15) is 19.8 Å². The molecule has 3 rings (SSSR count). The lowest BCUT2D eigenvalue weighted by Gasteiger charge is -2.07. The largest absolute Gasteiger partial charge is 0.425 e. The summed E-state index contributed by atoms with van der Waals surface area (Å²) in [5.41, 5.74) is 1.57. The second-order valence-corrected chi connectivity index (χ2v) is 5.09. The summed E-state index contributed by atoms with van der Waals surface area (Å²) in [4.78, 5) is 17.3. The summed E-state index contributed by atoms with van der Waals surface area (Å²) in [5, 5.41) is 0.556. The molecule has 0 unspecified atom stereocenters. The molecular formula is C18H18N2O2. The van der Waals surface area contributed by atoms with Gasteiger partial charge >= 0.3 is 5.68 Å². The van der Waals surface area contributed by atoms with Gasteiger partial charge in [-0.05, 0) is 30.7 Å². The predicted molar refractivity (Wildman–Crippen MR) is 87.1 cm³/mol. The van der Waals surface area contributed by atoms with Crippen LogP contribution >= 0.6 is 0 Å². The van der Waals surface area contributed by atoms with Gasteiger partial charge in [0.2, 0.25) is 0 Å². The summed E-state index contributed by atoms with van der Waals surface area (Å²) in [6, 6.07) is 16.7. The Morgan fingerprint density at radius 3 is 2.55 bits per heavy atom. The number of para-hydroxylation sites is 2. The van der Waals surface area contributed by atoms with Gasteiger partial charge in [0.25, 0.3) is 5.56 Å². The van der Waals surface area contributed by atoms with Gasteiger partial charge in [-0.15, -0.1) is 0 Å². The van der Waals surface area contributed by atoms with E-state index >= 15 is 0 Å². The molecule has 0 atom stereocenters. The van der Waals surface area contributed by atoms with E-state index in [9.17, 15) is 4.79 Å². The minimum Gasteiger partial charge on any atom is -0.425 e. The first-order valence-electron chi connectivity index (χ1n) is 7.52. The third kappa shape index (κ3) is 2.72. The molecule has 0 saturated carbocycles. The number of hydrogen-bond acceptors (Lipinski definition) is 3. The molecule has 4 heteroatoms. The second kappa shape index (κ2) is 6.43. The zero-order chi connectivity index (χ0) is 15.4. The average Bonchev–Trinajstić information content (AvgIpc) is 2.56. The fourth-order valence-corrected chi connectivity index (χ4v) is 2.32. The summed E-state index contributed by atoms with van der Waals surface area (Å²) in [6.45, 7) is 2.75. The van der Waals surface area contributed by atoms with Crippen molar-refractivity contribution >= 4 is 11.0 Å². The Bertz CT molecular complexity index is 892. The van der Waals surface area contributed by atoms with Crippen LogP contribution in [0.2, 0.25) is 0 Å². The van der Waals surface area contributed by atoms with E-state index < -0.39 is 0 Å². The van der Waals surface area contributed by atoms with Gasteiger partial charge < -0.3 is 4.42 Å². The van der Waals surface area contributed by atoms with Crippen LogP contribution in [0.5, 0.6) is 0 Å². The standard InChI is InChI=1S/C18H18N2O2/c1-2-3-13-19-18-20(14-9-5-4-6-10-14)17(21)15-11-7-8-12-16(15)22-18/h4-12H,2-3,13H2,1H3. The predicted octanol–water partition coefficient (Wildman–Crippen LogP) is 3.28. The van der Waals surface area contributed by atoms with E-state index in [0.29, 0.717) is 23.2 Å². The van der Waals surface area contributed by atoms with Crippen LogP contribution in [0.3, 0.4) is 0 Å². The third-order valence-corrected chi connectivity index (χ3v) is 3.49. The zero-order valence-electron chi connectivity index (χ0n) is 12.5. The van der Waals surface area contributed by atoms with E-state index in [-0.39, 0.29) is 5.56 Å². The molecule has 0 radical (unpaired) electrons. The zero-order valence-corrected chi connectivity index (χ0v) is 12.5. The van der Waals surface area contributed by atoms with Crippen LogP contribution in [0.15, 0.2) is 68.8 Å². The number of benzene rings is 2. The molecule has 0 aliphatic heterocycles. The van der Waals surface area contributed by atoms with E-state index in [1.54, 1.807) is 12.1 Å². The highest BCUT2D eigenvalue weighted by Crippen LogP contribution is 2.09. The summed E-state index contributed by atoms with van der Waals surface area (Å²) in [7, 11) is 0. The maximum atomic E-state index is 12.8. The molecular weight excluding hydrogens is 276 g/mol. The van der Waals surface area contributed by atoms with Crippen LogP contribution in [0, 0.1) is 0 Å². The minimum absolute atomic E-state index is 0.108. The molecule has 4 nitrogen and oxygen atoms in total. The summed E-state index contributed by atoms with van der Waals surface area (Å²) in [5.74, 6) is 0. The molecule has 0 saturated heterocycles. The highest BCUT2D eigenvalue weighted by Gasteiger charge is 2.09. The first-order chi connectivity index (χ1) is 10.8. The Balaban J connectivity index is 2.31. The minimum atomic E-state index is -0.108. The molecule has 0 fully saturated rings. The molecule has 0 bridgehead atoms. The molecule has 1 heterocycles. The Kier molecular flexibility index (Phi) is 4.19. The van der Waals surface area contributed by atoms with Crippen LogP contribution in [-0.2, 0) is 0 Å². The van der Waals surface area contributed by atoms with Crippen LogP contribution < -0.4 is 11.2 Å². The van der Waals surface area contributed by atoms with Gasteiger partial charge in [-0.1, -0.05) is 43.7 Å². The average molecular weight is 294 g/mol. The topological polar surface area (TPSA) is 47.5 Å². The van der Waals surface area contributed by atoms with E-state index in [1.807, 2.05) is 42.5 Å².